The van der Waals surface area contributed by atoms with Gasteiger partial charge in [-0.3, -0.25) is 0 Å². The molecule has 0 saturated carbocycles. The SMILES string of the molecule is CCCCCN(C)c1cc(Cl)ccc1CCN. The first-order valence-corrected chi connectivity index (χ1v) is 6.76. The van der Waals surface area contributed by atoms with Crippen molar-refractivity contribution in [1.82, 2.24) is 0 Å². The van der Waals surface area contributed by atoms with Crippen molar-refractivity contribution in [3.8, 4) is 0 Å². The lowest BCUT2D eigenvalue weighted by Crippen LogP contribution is -2.20. The predicted molar refractivity (Wildman–Crippen MR) is 77.0 cm³/mol. The number of hydrogen-bond donors (Lipinski definition) is 1. The molecule has 0 atom stereocenters. The van der Waals surface area contributed by atoms with Crippen LogP contribution in [0.1, 0.15) is 31.7 Å². The van der Waals surface area contributed by atoms with Crippen LogP contribution in [0.2, 0.25) is 5.02 Å². The first-order chi connectivity index (χ1) is 8.19. The Labute approximate surface area is 110 Å². The fourth-order valence-electron chi connectivity index (χ4n) is 1.98. The minimum absolute atomic E-state index is 0.678. The highest BCUT2D eigenvalue weighted by Gasteiger charge is 2.07. The maximum atomic E-state index is 6.06. The van der Waals surface area contributed by atoms with Crippen LogP contribution in [0.25, 0.3) is 0 Å². The zero-order valence-corrected chi connectivity index (χ0v) is 11.6. The minimum Gasteiger partial charge on any atom is -0.374 e. The number of nitrogens with zero attached hydrogens (tertiary/aromatic N) is 1. The summed E-state index contributed by atoms with van der Waals surface area (Å²) in [5.74, 6) is 0. The van der Waals surface area contributed by atoms with Crippen molar-refractivity contribution >= 4 is 17.3 Å². The first-order valence-electron chi connectivity index (χ1n) is 6.38. The second-order valence-electron chi connectivity index (χ2n) is 4.44. The van der Waals surface area contributed by atoms with E-state index in [0.29, 0.717) is 6.54 Å². The summed E-state index contributed by atoms with van der Waals surface area (Å²) in [4.78, 5) is 2.28. The Hall–Kier alpha value is -0.730. The quantitative estimate of drug-likeness (QED) is 0.755. The predicted octanol–water partition coefficient (Wildman–Crippen LogP) is 3.47. The van der Waals surface area contributed by atoms with E-state index < -0.39 is 0 Å². The van der Waals surface area contributed by atoms with E-state index in [1.54, 1.807) is 0 Å². The lowest BCUT2D eigenvalue weighted by molar-refractivity contribution is 0.703. The van der Waals surface area contributed by atoms with Gasteiger partial charge in [-0.25, -0.2) is 0 Å². The number of anilines is 1. The third-order valence-electron chi connectivity index (χ3n) is 2.97. The zero-order valence-electron chi connectivity index (χ0n) is 10.9. The molecule has 0 saturated heterocycles. The van der Waals surface area contributed by atoms with Crippen LogP contribution in [-0.4, -0.2) is 20.1 Å². The van der Waals surface area contributed by atoms with E-state index in [2.05, 4.69) is 24.9 Å². The summed E-state index contributed by atoms with van der Waals surface area (Å²) in [6.07, 6.45) is 4.66. The van der Waals surface area contributed by atoms with E-state index in [4.69, 9.17) is 17.3 Å². The Morgan fingerprint density at radius 1 is 1.29 bits per heavy atom. The fourth-order valence-corrected chi connectivity index (χ4v) is 2.15. The van der Waals surface area contributed by atoms with E-state index in [1.807, 2.05) is 12.1 Å². The van der Waals surface area contributed by atoms with Gasteiger partial charge in [-0.15, -0.1) is 0 Å². The molecule has 0 aliphatic carbocycles. The molecule has 1 rings (SSSR count). The highest BCUT2D eigenvalue weighted by molar-refractivity contribution is 6.30. The maximum Gasteiger partial charge on any atom is 0.0426 e. The molecule has 0 fully saturated rings. The molecule has 96 valence electrons. The van der Waals surface area contributed by atoms with Crippen molar-refractivity contribution in [3.63, 3.8) is 0 Å². The van der Waals surface area contributed by atoms with Crippen LogP contribution in [0.5, 0.6) is 0 Å². The second-order valence-corrected chi connectivity index (χ2v) is 4.88. The Bertz CT molecular complexity index is 339. The molecule has 0 aromatic heterocycles. The summed E-state index contributed by atoms with van der Waals surface area (Å²) >= 11 is 6.06. The molecule has 0 aliphatic rings. The number of nitrogens with two attached hydrogens (primary N) is 1. The third-order valence-corrected chi connectivity index (χ3v) is 3.20. The van der Waals surface area contributed by atoms with Crippen LogP contribution in [0, 0.1) is 0 Å². The number of benzene rings is 1. The molecule has 0 spiro atoms. The molecule has 0 unspecified atom stereocenters. The lowest BCUT2D eigenvalue weighted by atomic mass is 10.1. The van der Waals surface area contributed by atoms with Gasteiger partial charge >= 0.3 is 0 Å². The summed E-state index contributed by atoms with van der Waals surface area (Å²) in [6.45, 7) is 3.97. The van der Waals surface area contributed by atoms with Gasteiger partial charge in [0.15, 0.2) is 0 Å². The number of unbranched alkanes of at least 4 members (excludes halogenated alkanes) is 2. The molecule has 2 nitrogen and oxygen atoms in total. The van der Waals surface area contributed by atoms with Gasteiger partial charge in [-0.1, -0.05) is 37.4 Å². The molecular formula is C14H23ClN2. The number of rotatable bonds is 7. The van der Waals surface area contributed by atoms with Gasteiger partial charge in [0, 0.05) is 24.3 Å². The highest BCUT2D eigenvalue weighted by atomic mass is 35.5. The Balaban J connectivity index is 2.74. The standard InChI is InChI=1S/C14H23ClN2/c1-3-4-5-10-17(2)14-11-13(15)7-6-12(14)8-9-16/h6-7,11H,3-5,8-10,16H2,1-2H3. The van der Waals surface area contributed by atoms with Gasteiger partial charge in [0.1, 0.15) is 0 Å². The van der Waals surface area contributed by atoms with Crippen molar-refractivity contribution in [2.24, 2.45) is 5.73 Å². The van der Waals surface area contributed by atoms with Gasteiger partial charge in [0.05, 0.1) is 0 Å². The fraction of sp³-hybridized carbons (Fsp3) is 0.571. The van der Waals surface area contributed by atoms with Crippen LogP contribution in [-0.2, 0) is 6.42 Å². The van der Waals surface area contributed by atoms with Crippen molar-refractivity contribution in [2.75, 3.05) is 25.0 Å². The molecule has 17 heavy (non-hydrogen) atoms. The average molecular weight is 255 g/mol. The molecule has 1 aromatic rings. The molecule has 2 N–H and O–H groups in total. The summed E-state index contributed by atoms with van der Waals surface area (Å²) in [5, 5.41) is 0.795. The van der Waals surface area contributed by atoms with Gasteiger partial charge in [-0.05, 0) is 37.1 Å². The molecule has 0 bridgehead atoms. The summed E-state index contributed by atoms with van der Waals surface area (Å²) in [6, 6.07) is 6.06. The Morgan fingerprint density at radius 3 is 2.71 bits per heavy atom. The van der Waals surface area contributed by atoms with E-state index in [0.717, 1.165) is 18.0 Å². The Morgan fingerprint density at radius 2 is 2.06 bits per heavy atom. The summed E-state index contributed by atoms with van der Waals surface area (Å²) in [5.41, 5.74) is 8.15. The van der Waals surface area contributed by atoms with E-state index in [-0.39, 0.29) is 0 Å². The van der Waals surface area contributed by atoms with Gasteiger partial charge in [-0.2, -0.15) is 0 Å². The topological polar surface area (TPSA) is 29.3 Å². The van der Waals surface area contributed by atoms with Crippen molar-refractivity contribution in [3.05, 3.63) is 28.8 Å². The first kappa shape index (κ1) is 14.3. The van der Waals surface area contributed by atoms with Crippen LogP contribution >= 0.6 is 11.6 Å². The van der Waals surface area contributed by atoms with E-state index >= 15 is 0 Å². The lowest BCUT2D eigenvalue weighted by Gasteiger charge is -2.22. The monoisotopic (exact) mass is 254 g/mol. The van der Waals surface area contributed by atoms with Gasteiger partial charge < -0.3 is 10.6 Å². The molecule has 1 aromatic carbocycles. The molecule has 0 aliphatic heterocycles. The highest BCUT2D eigenvalue weighted by Crippen LogP contribution is 2.24. The van der Waals surface area contributed by atoms with E-state index in [1.165, 1.54) is 30.5 Å². The average Bonchev–Trinajstić information content (AvgIpc) is 2.32. The molecule has 0 amide bonds. The number of hydrogen-bond acceptors (Lipinski definition) is 2. The summed E-state index contributed by atoms with van der Waals surface area (Å²) in [7, 11) is 2.13. The zero-order chi connectivity index (χ0) is 12.7. The van der Waals surface area contributed by atoms with Gasteiger partial charge in [0.2, 0.25) is 0 Å². The third kappa shape index (κ3) is 4.57. The molecular weight excluding hydrogens is 232 g/mol. The van der Waals surface area contributed by atoms with E-state index in [9.17, 15) is 0 Å². The van der Waals surface area contributed by atoms with Gasteiger partial charge in [0.25, 0.3) is 0 Å². The van der Waals surface area contributed by atoms with Crippen LogP contribution in [0.15, 0.2) is 18.2 Å². The smallest absolute Gasteiger partial charge is 0.0426 e. The molecule has 0 radical (unpaired) electrons. The minimum atomic E-state index is 0.678. The van der Waals surface area contributed by atoms with Crippen molar-refractivity contribution in [1.29, 1.82) is 0 Å². The normalized spacial score (nSPS) is 10.6. The number of halogens is 1. The second kappa shape index (κ2) is 7.57. The van der Waals surface area contributed by atoms with Crippen molar-refractivity contribution in [2.45, 2.75) is 32.6 Å². The van der Waals surface area contributed by atoms with Crippen LogP contribution in [0.3, 0.4) is 0 Å². The van der Waals surface area contributed by atoms with Crippen molar-refractivity contribution < 1.29 is 0 Å². The Kier molecular flexibility index (Phi) is 6.38. The van der Waals surface area contributed by atoms with Crippen LogP contribution < -0.4 is 10.6 Å². The maximum absolute atomic E-state index is 6.06. The van der Waals surface area contributed by atoms with Crippen LogP contribution in [0.4, 0.5) is 5.69 Å². The largest absolute Gasteiger partial charge is 0.374 e. The summed E-state index contributed by atoms with van der Waals surface area (Å²) < 4.78 is 0. The molecule has 3 heteroatoms. The molecule has 0 heterocycles.